The van der Waals surface area contributed by atoms with Crippen molar-refractivity contribution in [3.8, 4) is 5.75 Å². The van der Waals surface area contributed by atoms with Crippen LogP contribution in [0.25, 0.3) is 0 Å². The zero-order chi connectivity index (χ0) is 12.1. The second kappa shape index (κ2) is 5.32. The predicted molar refractivity (Wildman–Crippen MR) is 60.1 cm³/mol. The Morgan fingerprint density at radius 1 is 1.62 bits per heavy atom. The number of benzene rings is 1. The SMILES string of the molecule is N=C(N)CCOc1ccc([N+](=O)[O-])c(Cl)c1. The summed E-state index contributed by atoms with van der Waals surface area (Å²) in [4.78, 5) is 9.90. The molecule has 0 saturated heterocycles. The summed E-state index contributed by atoms with van der Waals surface area (Å²) in [5, 5.41) is 17.5. The third-order valence-electron chi connectivity index (χ3n) is 1.76. The molecule has 3 N–H and O–H groups in total. The van der Waals surface area contributed by atoms with Gasteiger partial charge in [-0.15, -0.1) is 0 Å². The topological polar surface area (TPSA) is 102 Å². The second-order valence-electron chi connectivity index (χ2n) is 2.99. The number of nitro groups is 1. The van der Waals surface area contributed by atoms with Crippen molar-refractivity contribution in [2.75, 3.05) is 6.61 Å². The first-order valence-electron chi connectivity index (χ1n) is 4.40. The van der Waals surface area contributed by atoms with E-state index in [-0.39, 0.29) is 23.2 Å². The van der Waals surface area contributed by atoms with Gasteiger partial charge in [0.1, 0.15) is 10.8 Å². The number of amidine groups is 1. The number of ether oxygens (including phenoxy) is 1. The van der Waals surface area contributed by atoms with Gasteiger partial charge in [-0.3, -0.25) is 15.5 Å². The number of halogens is 1. The van der Waals surface area contributed by atoms with Crippen LogP contribution in [0.4, 0.5) is 5.69 Å². The summed E-state index contributed by atoms with van der Waals surface area (Å²) >= 11 is 5.68. The molecule has 0 spiro atoms. The first kappa shape index (κ1) is 12.3. The average Bonchev–Trinajstić information content (AvgIpc) is 2.16. The Balaban J connectivity index is 2.66. The molecule has 0 heterocycles. The monoisotopic (exact) mass is 243 g/mol. The van der Waals surface area contributed by atoms with Crippen molar-refractivity contribution in [3.63, 3.8) is 0 Å². The van der Waals surface area contributed by atoms with Crippen molar-refractivity contribution in [1.82, 2.24) is 0 Å². The minimum absolute atomic E-state index is 0.0188. The van der Waals surface area contributed by atoms with Gasteiger partial charge in [0.2, 0.25) is 0 Å². The van der Waals surface area contributed by atoms with Crippen LogP contribution < -0.4 is 10.5 Å². The highest BCUT2D eigenvalue weighted by Crippen LogP contribution is 2.28. The van der Waals surface area contributed by atoms with E-state index >= 15 is 0 Å². The van der Waals surface area contributed by atoms with Crippen molar-refractivity contribution in [3.05, 3.63) is 33.3 Å². The molecule has 6 nitrogen and oxygen atoms in total. The van der Waals surface area contributed by atoms with Crippen LogP contribution in [0.2, 0.25) is 5.02 Å². The standard InChI is InChI=1S/C9H10ClN3O3/c10-7-5-6(16-4-3-9(11)12)1-2-8(7)13(14)15/h1-2,5H,3-4H2,(H3,11,12). The fourth-order valence-electron chi connectivity index (χ4n) is 1.00. The quantitative estimate of drug-likeness (QED) is 0.357. The summed E-state index contributed by atoms with van der Waals surface area (Å²) in [6.07, 6.45) is 0.300. The molecule has 0 aliphatic heterocycles. The van der Waals surface area contributed by atoms with Gasteiger partial charge in [0, 0.05) is 18.6 Å². The Labute approximate surface area is 96.6 Å². The molecular weight excluding hydrogens is 234 g/mol. The Morgan fingerprint density at radius 2 is 2.31 bits per heavy atom. The summed E-state index contributed by atoms with van der Waals surface area (Å²) in [5.74, 6) is 0.435. The number of nitrogens with two attached hydrogens (primary N) is 1. The molecule has 0 saturated carbocycles. The fourth-order valence-corrected chi connectivity index (χ4v) is 1.24. The lowest BCUT2D eigenvalue weighted by Gasteiger charge is -2.05. The molecule has 0 unspecified atom stereocenters. The van der Waals surface area contributed by atoms with Gasteiger partial charge in [0.25, 0.3) is 5.69 Å². The van der Waals surface area contributed by atoms with Crippen LogP contribution in [0.15, 0.2) is 18.2 Å². The van der Waals surface area contributed by atoms with Gasteiger partial charge in [-0.2, -0.15) is 0 Å². The summed E-state index contributed by atoms with van der Waals surface area (Å²) in [6.45, 7) is 0.240. The lowest BCUT2D eigenvalue weighted by molar-refractivity contribution is -0.384. The van der Waals surface area contributed by atoms with E-state index in [0.29, 0.717) is 12.2 Å². The Kier molecular flexibility index (Phi) is 4.07. The fraction of sp³-hybridized carbons (Fsp3) is 0.222. The van der Waals surface area contributed by atoms with Gasteiger partial charge < -0.3 is 10.5 Å². The molecule has 1 rings (SSSR count). The van der Waals surface area contributed by atoms with Crippen molar-refractivity contribution in [2.45, 2.75) is 6.42 Å². The number of nitro benzene ring substituents is 1. The van der Waals surface area contributed by atoms with Crippen LogP contribution in [0.3, 0.4) is 0 Å². The van der Waals surface area contributed by atoms with Crippen molar-refractivity contribution in [1.29, 1.82) is 5.41 Å². The number of hydrogen-bond donors (Lipinski definition) is 2. The van der Waals surface area contributed by atoms with E-state index in [4.69, 9.17) is 27.5 Å². The molecule has 0 aliphatic carbocycles. The van der Waals surface area contributed by atoms with Gasteiger partial charge in [0.05, 0.1) is 17.4 Å². The van der Waals surface area contributed by atoms with Crippen molar-refractivity contribution in [2.24, 2.45) is 5.73 Å². The molecule has 1 aromatic carbocycles. The summed E-state index contributed by atoms with van der Waals surface area (Å²) in [7, 11) is 0. The number of rotatable bonds is 5. The van der Waals surface area contributed by atoms with Crippen LogP contribution in [0, 0.1) is 15.5 Å². The maximum atomic E-state index is 10.5. The summed E-state index contributed by atoms with van der Waals surface area (Å²) in [6, 6.07) is 4.08. The van der Waals surface area contributed by atoms with Crippen molar-refractivity contribution < 1.29 is 9.66 Å². The number of hydrogen-bond acceptors (Lipinski definition) is 4. The van der Waals surface area contributed by atoms with Gasteiger partial charge in [-0.1, -0.05) is 11.6 Å². The molecule has 0 amide bonds. The summed E-state index contributed by atoms with van der Waals surface area (Å²) < 4.78 is 5.20. The second-order valence-corrected chi connectivity index (χ2v) is 3.40. The van der Waals surface area contributed by atoms with Gasteiger partial charge in [0.15, 0.2) is 0 Å². The molecule has 0 fully saturated rings. The van der Waals surface area contributed by atoms with E-state index in [1.54, 1.807) is 0 Å². The van der Waals surface area contributed by atoms with Crippen molar-refractivity contribution >= 4 is 23.1 Å². The summed E-state index contributed by atoms with van der Waals surface area (Å²) in [5.41, 5.74) is 4.97. The maximum Gasteiger partial charge on any atom is 0.288 e. The molecule has 0 bridgehead atoms. The van der Waals surface area contributed by atoms with E-state index in [9.17, 15) is 10.1 Å². The molecule has 7 heteroatoms. The molecule has 0 atom stereocenters. The smallest absolute Gasteiger partial charge is 0.288 e. The van der Waals surface area contributed by atoms with E-state index < -0.39 is 4.92 Å². The minimum Gasteiger partial charge on any atom is -0.493 e. The highest BCUT2D eigenvalue weighted by Gasteiger charge is 2.12. The molecule has 0 aliphatic rings. The van der Waals surface area contributed by atoms with Crippen LogP contribution >= 0.6 is 11.6 Å². The van der Waals surface area contributed by atoms with E-state index in [0.717, 1.165) is 0 Å². The average molecular weight is 244 g/mol. The lowest BCUT2D eigenvalue weighted by Crippen LogP contribution is -2.13. The van der Waals surface area contributed by atoms with Gasteiger partial charge >= 0.3 is 0 Å². The minimum atomic E-state index is -0.568. The van der Waals surface area contributed by atoms with E-state index in [1.165, 1.54) is 18.2 Å². The Morgan fingerprint density at radius 3 is 2.81 bits per heavy atom. The molecule has 86 valence electrons. The molecular formula is C9H10ClN3O3. The third-order valence-corrected chi connectivity index (χ3v) is 2.06. The van der Waals surface area contributed by atoms with E-state index in [2.05, 4.69) is 0 Å². The Hall–Kier alpha value is -1.82. The first-order valence-corrected chi connectivity index (χ1v) is 4.78. The van der Waals surface area contributed by atoms with Gasteiger partial charge in [-0.25, -0.2) is 0 Å². The molecule has 0 radical (unpaired) electrons. The highest BCUT2D eigenvalue weighted by atomic mass is 35.5. The van der Waals surface area contributed by atoms with Crippen LogP contribution in [-0.2, 0) is 0 Å². The predicted octanol–water partition coefficient (Wildman–Crippen LogP) is 1.95. The normalized spacial score (nSPS) is 9.81. The van der Waals surface area contributed by atoms with Gasteiger partial charge in [-0.05, 0) is 6.07 Å². The highest BCUT2D eigenvalue weighted by molar-refractivity contribution is 6.32. The van der Waals surface area contributed by atoms with Crippen LogP contribution in [-0.4, -0.2) is 17.4 Å². The zero-order valence-electron chi connectivity index (χ0n) is 8.27. The largest absolute Gasteiger partial charge is 0.493 e. The van der Waals surface area contributed by atoms with Crippen LogP contribution in [0.5, 0.6) is 5.75 Å². The lowest BCUT2D eigenvalue weighted by atomic mass is 10.3. The molecule has 16 heavy (non-hydrogen) atoms. The van der Waals surface area contributed by atoms with E-state index in [1.807, 2.05) is 0 Å². The number of nitrogens with one attached hydrogen (secondary N) is 1. The first-order chi connectivity index (χ1) is 7.50. The zero-order valence-corrected chi connectivity index (χ0v) is 9.03. The molecule has 0 aromatic heterocycles. The maximum absolute atomic E-state index is 10.5. The Bertz CT molecular complexity index is 422. The van der Waals surface area contributed by atoms with Crippen LogP contribution in [0.1, 0.15) is 6.42 Å². The number of nitrogens with zero attached hydrogens (tertiary/aromatic N) is 1. The molecule has 1 aromatic rings. The third kappa shape index (κ3) is 3.39.